The second-order valence-corrected chi connectivity index (χ2v) is 11.2. The van der Waals surface area contributed by atoms with Crippen molar-refractivity contribution in [2.45, 2.75) is 57.7 Å². The first kappa shape index (κ1) is 25.2. The highest BCUT2D eigenvalue weighted by molar-refractivity contribution is 7.13. The van der Waals surface area contributed by atoms with Crippen LogP contribution in [0.25, 0.3) is 10.4 Å². The number of carbonyl (C=O) groups is 2. The van der Waals surface area contributed by atoms with Crippen molar-refractivity contribution < 1.29 is 19.2 Å². The largest absolute Gasteiger partial charge is 0.391 e. The Hall–Kier alpha value is -3.50. The highest BCUT2D eigenvalue weighted by atomic mass is 32.1. The second-order valence-electron chi connectivity index (χ2n) is 10.3. The van der Waals surface area contributed by atoms with Gasteiger partial charge in [0.2, 0.25) is 5.91 Å². The zero-order valence-electron chi connectivity index (χ0n) is 21.1. The number of hydrogen-bond donors (Lipinski definition) is 3. The second kappa shape index (κ2) is 9.42. The fourth-order valence-corrected chi connectivity index (χ4v) is 6.14. The third-order valence-corrected chi connectivity index (χ3v) is 8.32. The van der Waals surface area contributed by atoms with E-state index < -0.39 is 29.2 Å². The minimum Gasteiger partial charge on any atom is -0.391 e. The monoisotopic (exact) mass is 522 g/mol. The molecular weight excluding hydrogens is 492 g/mol. The van der Waals surface area contributed by atoms with Gasteiger partial charge in [0.05, 0.1) is 12.1 Å². The number of aromatic amines is 1. The Morgan fingerprint density at radius 3 is 2.57 bits per heavy atom. The van der Waals surface area contributed by atoms with Crippen LogP contribution < -0.4 is 10.9 Å². The summed E-state index contributed by atoms with van der Waals surface area (Å²) in [4.78, 5) is 46.0. The number of hydrogen-bond acceptors (Lipinski definition) is 7. The average molecular weight is 523 g/mol. The fraction of sp³-hybridized carbons (Fsp3) is 0.407. The first-order chi connectivity index (χ1) is 17.6. The standard InChI is InChI=1S/C27H30N4O5S/c1-14(2)22(20-12-21(33)30-36-20)25(34)31-13-18(32)11-19(31)24-28-26(35)27(4,29-24)17-7-5-16(6-8-17)23-15(3)9-10-37-23/h5-10,12,14,18-19,22,32H,11,13H2,1-4H3,(H,30,33)(H,28,29,35)/t18-,19-,22+,27+/m1/s1. The van der Waals surface area contributed by atoms with Gasteiger partial charge in [0.1, 0.15) is 11.8 Å². The summed E-state index contributed by atoms with van der Waals surface area (Å²) in [5.41, 5.74) is 1.43. The lowest BCUT2D eigenvalue weighted by Gasteiger charge is -2.29. The molecule has 0 aliphatic carbocycles. The number of nitrogens with zero attached hydrogens (tertiary/aromatic N) is 2. The van der Waals surface area contributed by atoms with Gasteiger partial charge in [-0.05, 0) is 47.9 Å². The normalized spacial score (nSPS) is 24.4. The molecule has 0 saturated carbocycles. The van der Waals surface area contributed by atoms with Crippen LogP contribution in [0.15, 0.2) is 56.1 Å². The minimum atomic E-state index is -1.16. The first-order valence-corrected chi connectivity index (χ1v) is 13.2. The lowest BCUT2D eigenvalue weighted by Crippen LogP contribution is -2.48. The molecule has 2 amide bonds. The van der Waals surface area contributed by atoms with E-state index in [1.807, 2.05) is 38.1 Å². The fourth-order valence-electron chi connectivity index (χ4n) is 5.21. The number of aliphatic hydroxyl groups is 1. The summed E-state index contributed by atoms with van der Waals surface area (Å²) in [6, 6.07) is 10.6. The molecule has 2 aromatic heterocycles. The summed E-state index contributed by atoms with van der Waals surface area (Å²) in [5, 5.41) is 17.7. The Kier molecular flexibility index (Phi) is 6.41. The number of likely N-dealkylation sites (tertiary alicyclic amines) is 1. The van der Waals surface area contributed by atoms with Crippen LogP contribution in [0.5, 0.6) is 0 Å². The Morgan fingerprint density at radius 1 is 1.24 bits per heavy atom. The summed E-state index contributed by atoms with van der Waals surface area (Å²) in [5.74, 6) is -0.860. The number of carbonyl (C=O) groups excluding carboxylic acids is 2. The van der Waals surface area contributed by atoms with Crippen LogP contribution in [0.2, 0.25) is 0 Å². The molecule has 5 rings (SSSR count). The molecule has 10 heteroatoms. The molecule has 1 saturated heterocycles. The number of amidine groups is 1. The van der Waals surface area contributed by atoms with Crippen LogP contribution >= 0.6 is 11.3 Å². The van der Waals surface area contributed by atoms with E-state index in [1.54, 1.807) is 18.3 Å². The van der Waals surface area contributed by atoms with Crippen molar-refractivity contribution in [1.29, 1.82) is 0 Å². The topological polar surface area (TPSA) is 128 Å². The number of benzene rings is 1. The van der Waals surface area contributed by atoms with Gasteiger partial charge in [-0.15, -0.1) is 11.3 Å². The highest BCUT2D eigenvalue weighted by Crippen LogP contribution is 2.36. The summed E-state index contributed by atoms with van der Waals surface area (Å²) in [7, 11) is 0. The summed E-state index contributed by atoms with van der Waals surface area (Å²) in [6.07, 6.45) is -0.515. The summed E-state index contributed by atoms with van der Waals surface area (Å²) < 4.78 is 5.26. The number of H-pyrrole nitrogens is 1. The van der Waals surface area contributed by atoms with Crippen molar-refractivity contribution >= 4 is 29.0 Å². The SMILES string of the molecule is Cc1ccsc1-c1ccc([C@]2(C)N=C([C@H]3C[C@@H](O)CN3C(=O)[C@H](c3cc(=O)[nH]o3)C(C)C)NC2=O)cc1. The van der Waals surface area contributed by atoms with Crippen molar-refractivity contribution in [2.75, 3.05) is 6.54 Å². The third-order valence-electron chi connectivity index (χ3n) is 7.26. The number of aliphatic imine (C=N–C) groups is 1. The Bertz CT molecular complexity index is 1420. The molecule has 3 aromatic rings. The molecule has 0 spiro atoms. The molecule has 194 valence electrons. The molecule has 1 fully saturated rings. The van der Waals surface area contributed by atoms with Crippen molar-refractivity contribution in [3.63, 3.8) is 0 Å². The van der Waals surface area contributed by atoms with Crippen molar-refractivity contribution in [3.8, 4) is 10.4 Å². The van der Waals surface area contributed by atoms with E-state index in [2.05, 4.69) is 28.8 Å². The van der Waals surface area contributed by atoms with E-state index in [1.165, 1.54) is 21.4 Å². The molecule has 2 aliphatic heterocycles. The van der Waals surface area contributed by atoms with E-state index in [-0.39, 0.29) is 36.5 Å². The molecule has 0 radical (unpaired) electrons. The Balaban J connectivity index is 1.44. The molecule has 4 atom stereocenters. The summed E-state index contributed by atoms with van der Waals surface area (Å²) in [6.45, 7) is 7.65. The quantitative estimate of drug-likeness (QED) is 0.458. The lowest BCUT2D eigenvalue weighted by atomic mass is 9.91. The van der Waals surface area contributed by atoms with Crippen molar-refractivity contribution in [3.05, 3.63) is 69.0 Å². The maximum absolute atomic E-state index is 13.7. The zero-order valence-corrected chi connectivity index (χ0v) is 22.0. The number of nitrogens with one attached hydrogen (secondary N) is 2. The van der Waals surface area contributed by atoms with Crippen LogP contribution in [-0.4, -0.2) is 51.5 Å². The van der Waals surface area contributed by atoms with Crippen LogP contribution in [-0.2, 0) is 15.1 Å². The number of amides is 2. The molecule has 9 nitrogen and oxygen atoms in total. The summed E-state index contributed by atoms with van der Waals surface area (Å²) >= 11 is 1.67. The van der Waals surface area contributed by atoms with Gasteiger partial charge in [-0.1, -0.05) is 38.1 Å². The number of aryl methyl sites for hydroxylation is 1. The van der Waals surface area contributed by atoms with Crippen LogP contribution in [0.3, 0.4) is 0 Å². The maximum atomic E-state index is 13.7. The highest BCUT2D eigenvalue weighted by Gasteiger charge is 2.48. The smallest absolute Gasteiger partial charge is 0.280 e. The maximum Gasteiger partial charge on any atom is 0.280 e. The lowest BCUT2D eigenvalue weighted by molar-refractivity contribution is -0.134. The van der Waals surface area contributed by atoms with E-state index in [0.29, 0.717) is 5.84 Å². The predicted octanol–water partition coefficient (Wildman–Crippen LogP) is 3.15. The van der Waals surface area contributed by atoms with Crippen molar-refractivity contribution in [2.24, 2.45) is 10.9 Å². The molecule has 3 N–H and O–H groups in total. The molecule has 37 heavy (non-hydrogen) atoms. The van der Waals surface area contributed by atoms with E-state index >= 15 is 0 Å². The molecule has 0 bridgehead atoms. The Morgan fingerprint density at radius 2 is 1.97 bits per heavy atom. The van der Waals surface area contributed by atoms with Crippen LogP contribution in [0.4, 0.5) is 0 Å². The van der Waals surface area contributed by atoms with Gasteiger partial charge in [0.15, 0.2) is 11.3 Å². The van der Waals surface area contributed by atoms with Gasteiger partial charge in [0.25, 0.3) is 11.5 Å². The number of thiophene rings is 1. The molecule has 4 heterocycles. The molecular formula is C27H30N4O5S. The number of aromatic nitrogens is 1. The van der Waals surface area contributed by atoms with Gasteiger partial charge in [-0.3, -0.25) is 14.4 Å². The van der Waals surface area contributed by atoms with Gasteiger partial charge in [-0.2, -0.15) is 5.16 Å². The van der Waals surface area contributed by atoms with Gasteiger partial charge in [-0.25, -0.2) is 4.99 Å². The van der Waals surface area contributed by atoms with Crippen molar-refractivity contribution in [1.82, 2.24) is 15.4 Å². The molecule has 0 unspecified atom stereocenters. The average Bonchev–Trinajstić information content (AvgIpc) is 3.62. The first-order valence-electron chi connectivity index (χ1n) is 12.3. The van der Waals surface area contributed by atoms with Crippen LogP contribution in [0, 0.1) is 12.8 Å². The van der Waals surface area contributed by atoms with E-state index in [4.69, 9.17) is 9.52 Å². The van der Waals surface area contributed by atoms with E-state index in [0.717, 1.165) is 11.1 Å². The molecule has 1 aromatic carbocycles. The van der Waals surface area contributed by atoms with Crippen LogP contribution in [0.1, 0.15) is 50.0 Å². The Labute approximate surface area is 218 Å². The predicted molar refractivity (Wildman–Crippen MR) is 140 cm³/mol. The minimum absolute atomic E-state index is 0.0990. The van der Waals surface area contributed by atoms with Gasteiger partial charge in [0, 0.05) is 23.9 Å². The van der Waals surface area contributed by atoms with Gasteiger partial charge < -0.3 is 19.8 Å². The zero-order chi connectivity index (χ0) is 26.5. The molecule has 2 aliphatic rings. The number of rotatable bonds is 6. The third kappa shape index (κ3) is 4.44. The van der Waals surface area contributed by atoms with Gasteiger partial charge >= 0.3 is 0 Å². The number of β-amino-alcohol motifs (C(OH)–C–C–N with tert-alkyl or cyclic N) is 1. The van der Waals surface area contributed by atoms with E-state index in [9.17, 15) is 19.5 Å². The number of aliphatic hydroxyl groups excluding tert-OH is 1.